The van der Waals surface area contributed by atoms with Crippen LogP contribution in [0, 0.1) is 11.8 Å². The molecule has 1 heterocycles. The average Bonchev–Trinajstić information content (AvgIpc) is 2.63. The summed E-state index contributed by atoms with van der Waals surface area (Å²) in [5, 5.41) is 28.6. The molecule has 1 aliphatic heterocycles. The van der Waals surface area contributed by atoms with Crippen molar-refractivity contribution in [2.24, 2.45) is 0 Å². The van der Waals surface area contributed by atoms with Gasteiger partial charge in [-0.3, -0.25) is 0 Å². The summed E-state index contributed by atoms with van der Waals surface area (Å²) >= 11 is 0. The van der Waals surface area contributed by atoms with Crippen LogP contribution in [0.1, 0.15) is 12.5 Å². The van der Waals surface area contributed by atoms with Crippen molar-refractivity contribution in [2.75, 3.05) is 6.61 Å². The fourth-order valence-electron chi connectivity index (χ4n) is 1.95. The van der Waals surface area contributed by atoms with E-state index in [1.54, 1.807) is 6.92 Å². The molecular weight excluding hydrogens is 232 g/mol. The summed E-state index contributed by atoms with van der Waals surface area (Å²) in [5.74, 6) is 5.72. The first-order chi connectivity index (χ1) is 8.57. The molecule has 3 N–H and O–H groups in total. The van der Waals surface area contributed by atoms with Crippen molar-refractivity contribution >= 4 is 0 Å². The Hall–Kier alpha value is -1.38. The number of aliphatic hydroxyl groups is 3. The monoisotopic (exact) mass is 248 g/mol. The third-order valence-corrected chi connectivity index (χ3v) is 3.07. The third-order valence-electron chi connectivity index (χ3n) is 3.07. The first kappa shape index (κ1) is 13.1. The highest BCUT2D eigenvalue weighted by molar-refractivity contribution is 5.37. The van der Waals surface area contributed by atoms with Crippen molar-refractivity contribution in [1.29, 1.82) is 0 Å². The van der Waals surface area contributed by atoms with Gasteiger partial charge in [0.2, 0.25) is 0 Å². The maximum absolute atomic E-state index is 9.91. The Kier molecular flexibility index (Phi) is 3.69. The van der Waals surface area contributed by atoms with Crippen LogP contribution in [0.3, 0.4) is 0 Å². The zero-order valence-electron chi connectivity index (χ0n) is 10.1. The molecule has 0 radical (unpaired) electrons. The minimum absolute atomic E-state index is 0.346. The lowest BCUT2D eigenvalue weighted by Gasteiger charge is -2.20. The van der Waals surface area contributed by atoms with Gasteiger partial charge < -0.3 is 20.1 Å². The molecule has 0 aromatic heterocycles. The number of hydrogen-bond acceptors (Lipinski definition) is 4. The zero-order chi connectivity index (χ0) is 13.2. The van der Waals surface area contributed by atoms with E-state index in [0.29, 0.717) is 0 Å². The van der Waals surface area contributed by atoms with Gasteiger partial charge >= 0.3 is 0 Å². The molecule has 1 aromatic rings. The van der Waals surface area contributed by atoms with Gasteiger partial charge in [-0.15, -0.1) is 0 Å². The second-order valence-corrected chi connectivity index (χ2v) is 4.50. The lowest BCUT2D eigenvalue weighted by Crippen LogP contribution is -2.39. The van der Waals surface area contributed by atoms with E-state index >= 15 is 0 Å². The van der Waals surface area contributed by atoms with E-state index < -0.39 is 23.9 Å². The lowest BCUT2D eigenvalue weighted by molar-refractivity contribution is -0.0459. The van der Waals surface area contributed by atoms with E-state index in [2.05, 4.69) is 11.8 Å². The molecule has 96 valence electrons. The van der Waals surface area contributed by atoms with Gasteiger partial charge in [0.25, 0.3) is 0 Å². The van der Waals surface area contributed by atoms with Gasteiger partial charge in [0, 0.05) is 5.56 Å². The Labute approximate surface area is 106 Å². The molecule has 1 fully saturated rings. The van der Waals surface area contributed by atoms with Crippen molar-refractivity contribution < 1.29 is 20.1 Å². The van der Waals surface area contributed by atoms with E-state index in [0.717, 1.165) is 5.56 Å². The molecule has 0 amide bonds. The Bertz CT molecular complexity index is 462. The molecule has 4 nitrogen and oxygen atoms in total. The first-order valence-electron chi connectivity index (χ1n) is 5.80. The molecule has 18 heavy (non-hydrogen) atoms. The molecule has 2 rings (SSSR count). The van der Waals surface area contributed by atoms with Crippen LogP contribution >= 0.6 is 0 Å². The summed E-state index contributed by atoms with van der Waals surface area (Å²) in [5.41, 5.74) is -0.362. The number of benzene rings is 1. The van der Waals surface area contributed by atoms with Gasteiger partial charge in [0.1, 0.15) is 18.3 Å². The van der Waals surface area contributed by atoms with Gasteiger partial charge in [0.05, 0.1) is 6.61 Å². The second kappa shape index (κ2) is 5.09. The fourth-order valence-corrected chi connectivity index (χ4v) is 1.95. The molecule has 4 atom stereocenters. The summed E-state index contributed by atoms with van der Waals surface area (Å²) in [4.78, 5) is 0. The van der Waals surface area contributed by atoms with Crippen LogP contribution in [0.25, 0.3) is 0 Å². The van der Waals surface area contributed by atoms with Crippen LogP contribution in [0.5, 0.6) is 0 Å². The Balaban J connectivity index is 2.21. The van der Waals surface area contributed by atoms with E-state index in [-0.39, 0.29) is 6.61 Å². The average molecular weight is 248 g/mol. The van der Waals surface area contributed by atoms with E-state index in [1.165, 1.54) is 0 Å². The number of rotatable bonds is 1. The SMILES string of the molecule is CC1(C#Cc2ccccc2)O[C@H](CO)[C@H](O)C1O. The second-order valence-electron chi connectivity index (χ2n) is 4.50. The van der Waals surface area contributed by atoms with E-state index in [9.17, 15) is 10.2 Å². The lowest BCUT2D eigenvalue weighted by atomic mass is 9.97. The smallest absolute Gasteiger partial charge is 0.155 e. The predicted molar refractivity (Wildman–Crippen MR) is 65.7 cm³/mol. The molecule has 2 unspecified atom stereocenters. The topological polar surface area (TPSA) is 69.9 Å². The largest absolute Gasteiger partial charge is 0.394 e. The van der Waals surface area contributed by atoms with Crippen LogP contribution in [0.4, 0.5) is 0 Å². The van der Waals surface area contributed by atoms with Crippen LogP contribution in [0.15, 0.2) is 30.3 Å². The highest BCUT2D eigenvalue weighted by Gasteiger charge is 2.50. The molecule has 1 aliphatic rings. The molecule has 0 bridgehead atoms. The summed E-state index contributed by atoms with van der Waals surface area (Å²) in [6.07, 6.45) is -3.05. The van der Waals surface area contributed by atoms with Crippen LogP contribution < -0.4 is 0 Å². The highest BCUT2D eigenvalue weighted by atomic mass is 16.6. The Morgan fingerprint density at radius 3 is 2.50 bits per heavy atom. The third kappa shape index (κ3) is 2.40. The molecule has 0 spiro atoms. The number of ether oxygens (including phenoxy) is 1. The molecule has 1 saturated heterocycles. The Morgan fingerprint density at radius 1 is 1.28 bits per heavy atom. The van der Waals surface area contributed by atoms with E-state index in [4.69, 9.17) is 9.84 Å². The van der Waals surface area contributed by atoms with Crippen LogP contribution in [0.2, 0.25) is 0 Å². The highest BCUT2D eigenvalue weighted by Crippen LogP contribution is 2.30. The van der Waals surface area contributed by atoms with Crippen LogP contribution in [-0.4, -0.2) is 45.8 Å². The van der Waals surface area contributed by atoms with Crippen molar-refractivity contribution in [3.05, 3.63) is 35.9 Å². The molecule has 4 heteroatoms. The van der Waals surface area contributed by atoms with Crippen molar-refractivity contribution in [2.45, 2.75) is 30.8 Å². The molecular formula is C14H16O4. The zero-order valence-corrected chi connectivity index (χ0v) is 10.1. The van der Waals surface area contributed by atoms with Gasteiger partial charge in [-0.05, 0) is 19.1 Å². The minimum atomic E-state index is -1.16. The maximum atomic E-state index is 9.91. The van der Waals surface area contributed by atoms with Crippen molar-refractivity contribution in [3.8, 4) is 11.8 Å². The van der Waals surface area contributed by atoms with Gasteiger partial charge in [0.15, 0.2) is 5.60 Å². The summed E-state index contributed by atoms with van der Waals surface area (Å²) in [6.45, 7) is 1.26. The normalized spacial score (nSPS) is 35.0. The predicted octanol–water partition coefficient (Wildman–Crippen LogP) is -0.0903. The number of aliphatic hydroxyl groups excluding tert-OH is 3. The van der Waals surface area contributed by atoms with Gasteiger partial charge in [-0.2, -0.15) is 0 Å². The number of hydrogen-bond donors (Lipinski definition) is 3. The van der Waals surface area contributed by atoms with Crippen molar-refractivity contribution in [3.63, 3.8) is 0 Å². The quantitative estimate of drug-likeness (QED) is 0.607. The van der Waals surface area contributed by atoms with Gasteiger partial charge in [-0.25, -0.2) is 0 Å². The first-order valence-corrected chi connectivity index (χ1v) is 5.80. The Morgan fingerprint density at radius 2 is 1.94 bits per heavy atom. The van der Waals surface area contributed by atoms with E-state index in [1.807, 2.05) is 30.3 Å². The van der Waals surface area contributed by atoms with Gasteiger partial charge in [-0.1, -0.05) is 30.0 Å². The van der Waals surface area contributed by atoms with Crippen LogP contribution in [-0.2, 0) is 4.74 Å². The standard InChI is InChI=1S/C14H16O4/c1-14(8-7-10-5-3-2-4-6-10)13(17)12(16)11(9-15)18-14/h2-6,11-13,15-17H,9H2,1H3/t11-,12+,13?,14?/m1/s1. The summed E-state index contributed by atoms with van der Waals surface area (Å²) in [7, 11) is 0. The molecule has 1 aromatic carbocycles. The molecule has 0 aliphatic carbocycles. The molecule has 0 saturated carbocycles. The summed E-state index contributed by atoms with van der Waals surface area (Å²) in [6, 6.07) is 9.31. The fraction of sp³-hybridized carbons (Fsp3) is 0.429. The van der Waals surface area contributed by atoms with Crippen molar-refractivity contribution in [1.82, 2.24) is 0 Å². The minimum Gasteiger partial charge on any atom is -0.394 e. The summed E-state index contributed by atoms with van der Waals surface area (Å²) < 4.78 is 5.42. The maximum Gasteiger partial charge on any atom is 0.155 e.